The molecule has 2 atom stereocenters. The van der Waals surface area contributed by atoms with Crippen molar-refractivity contribution in [2.24, 2.45) is 11.8 Å². The maximum Gasteiger partial charge on any atom is 0.410 e. The summed E-state index contributed by atoms with van der Waals surface area (Å²) in [5.74, 6) is 0.704. The smallest absolute Gasteiger partial charge is 0.410 e. The summed E-state index contributed by atoms with van der Waals surface area (Å²) >= 11 is 0. The number of hydrogen-bond donors (Lipinski definition) is 0. The van der Waals surface area contributed by atoms with E-state index in [1.807, 2.05) is 64.6 Å². The lowest BCUT2D eigenvalue weighted by Gasteiger charge is -2.39. The Hall–Kier alpha value is -2.10. The summed E-state index contributed by atoms with van der Waals surface area (Å²) < 4.78 is 23.4. The summed E-state index contributed by atoms with van der Waals surface area (Å²) in [6.07, 6.45) is 0.451. The average Bonchev–Trinajstić information content (AvgIpc) is 3.28. The molecule has 8 nitrogen and oxygen atoms in total. The van der Waals surface area contributed by atoms with Crippen LogP contribution in [-0.2, 0) is 13.9 Å². The highest BCUT2D eigenvalue weighted by Crippen LogP contribution is 2.38. The van der Waals surface area contributed by atoms with Gasteiger partial charge < -0.3 is 28.4 Å². The number of methoxy groups -OCH3 is 1. The van der Waals surface area contributed by atoms with Crippen LogP contribution < -0.4 is 4.74 Å². The second kappa shape index (κ2) is 14.4. The molecule has 0 spiro atoms. The predicted molar refractivity (Wildman–Crippen MR) is 165 cm³/mol. The summed E-state index contributed by atoms with van der Waals surface area (Å²) in [4.78, 5) is 30.8. The van der Waals surface area contributed by atoms with E-state index in [1.54, 1.807) is 12.0 Å². The van der Waals surface area contributed by atoms with Gasteiger partial charge in [-0.1, -0.05) is 26.8 Å². The second-order valence-electron chi connectivity index (χ2n) is 14.0. The quantitative estimate of drug-likeness (QED) is 0.208. The van der Waals surface area contributed by atoms with E-state index in [2.05, 4.69) is 34.6 Å². The molecule has 41 heavy (non-hydrogen) atoms. The molecule has 1 aliphatic rings. The highest BCUT2D eigenvalue weighted by molar-refractivity contribution is 6.31. The van der Waals surface area contributed by atoms with Gasteiger partial charge in [0.2, 0.25) is 9.76 Å². The van der Waals surface area contributed by atoms with Crippen molar-refractivity contribution >= 4 is 21.8 Å². The van der Waals surface area contributed by atoms with E-state index < -0.39 is 11.2 Å². The third-order valence-electron chi connectivity index (χ3n) is 7.11. The van der Waals surface area contributed by atoms with E-state index in [0.29, 0.717) is 53.9 Å². The third kappa shape index (κ3) is 10.9. The van der Waals surface area contributed by atoms with Crippen molar-refractivity contribution in [3.05, 3.63) is 29.3 Å². The van der Waals surface area contributed by atoms with Gasteiger partial charge in [-0.3, -0.25) is 4.79 Å². The van der Waals surface area contributed by atoms with Gasteiger partial charge >= 0.3 is 6.09 Å². The van der Waals surface area contributed by atoms with Crippen molar-refractivity contribution in [1.82, 2.24) is 9.80 Å². The van der Waals surface area contributed by atoms with Gasteiger partial charge in [0.15, 0.2) is 0 Å². The van der Waals surface area contributed by atoms with Crippen LogP contribution in [0.1, 0.15) is 91.6 Å². The minimum absolute atomic E-state index is 0.0175. The summed E-state index contributed by atoms with van der Waals surface area (Å²) in [7, 11) is 1.98. The van der Waals surface area contributed by atoms with E-state index in [-0.39, 0.29) is 34.9 Å². The Labute approximate surface area is 251 Å². The standard InChI is InChI=1S/C32H54N2O6Si/c1-22(2)34(28(35)24-15-14-23(3)27(18-24)38-17-13-16-37-12)20-25-19-33(29(36)39-30(4,5)6)21-26(25)32(10,11)40-41-31(7,8)9/h14-15,18,22,25-26H,13,16-17,19-21H2,1-12H3/t25-,26+/m0/s1. The minimum atomic E-state index is -0.584. The van der Waals surface area contributed by atoms with E-state index >= 15 is 0 Å². The van der Waals surface area contributed by atoms with Gasteiger partial charge in [-0.15, -0.1) is 0 Å². The zero-order valence-electron chi connectivity index (χ0n) is 27.6. The Kier molecular flexibility index (Phi) is 12.3. The second-order valence-corrected chi connectivity index (χ2v) is 15.9. The number of nitrogens with zero attached hydrogens (tertiary/aromatic N) is 2. The third-order valence-corrected chi connectivity index (χ3v) is 8.35. The molecular formula is C32H54N2O6Si. The van der Waals surface area contributed by atoms with E-state index in [4.69, 9.17) is 18.6 Å². The fourth-order valence-corrected chi connectivity index (χ4v) is 5.62. The first kappa shape index (κ1) is 35.1. The van der Waals surface area contributed by atoms with Gasteiger partial charge in [-0.25, -0.2) is 4.79 Å². The summed E-state index contributed by atoms with van der Waals surface area (Å²) in [5.41, 5.74) is 0.497. The number of aryl methyl sites for hydroxylation is 1. The lowest BCUT2D eigenvalue weighted by atomic mass is 9.82. The van der Waals surface area contributed by atoms with Crippen LogP contribution in [0.4, 0.5) is 4.79 Å². The van der Waals surface area contributed by atoms with Crippen LogP contribution >= 0.6 is 0 Å². The largest absolute Gasteiger partial charge is 0.493 e. The molecule has 0 saturated carbocycles. The van der Waals surface area contributed by atoms with Crippen LogP contribution in [0, 0.1) is 18.8 Å². The SMILES string of the molecule is COCCCOc1cc(C(=O)N(C[C@@H]2CN(C(=O)OC(C)(C)C)C[C@H]2C(C)(C)O[Si]C(C)(C)C)C(C)C)ccc1C. The summed E-state index contributed by atoms with van der Waals surface area (Å²) in [6.45, 7) is 25.1. The van der Waals surface area contributed by atoms with Crippen LogP contribution in [0.25, 0.3) is 0 Å². The number of likely N-dealkylation sites (tertiary alicyclic amines) is 1. The Morgan fingerprint density at radius 1 is 1.05 bits per heavy atom. The molecule has 0 bridgehead atoms. The minimum Gasteiger partial charge on any atom is -0.493 e. The number of amides is 2. The number of ether oxygens (including phenoxy) is 3. The molecule has 1 fully saturated rings. The Morgan fingerprint density at radius 2 is 1.71 bits per heavy atom. The number of carbonyl (C=O) groups excluding carboxylic acids is 2. The molecule has 0 aromatic heterocycles. The fourth-order valence-electron chi connectivity index (χ4n) is 4.90. The maximum atomic E-state index is 13.9. The summed E-state index contributed by atoms with van der Waals surface area (Å²) in [5, 5.41) is 0.0327. The normalized spacial score (nSPS) is 18.1. The van der Waals surface area contributed by atoms with E-state index in [9.17, 15) is 9.59 Å². The molecule has 2 amide bonds. The van der Waals surface area contributed by atoms with Gasteiger partial charge in [0.05, 0.1) is 12.2 Å². The zero-order valence-corrected chi connectivity index (χ0v) is 28.6. The summed E-state index contributed by atoms with van der Waals surface area (Å²) in [6, 6.07) is 5.61. The average molecular weight is 591 g/mol. The Bertz CT molecular complexity index is 1010. The first-order valence-electron chi connectivity index (χ1n) is 14.8. The van der Waals surface area contributed by atoms with Crippen LogP contribution in [-0.4, -0.2) is 88.8 Å². The molecule has 0 aliphatic carbocycles. The monoisotopic (exact) mass is 590 g/mol. The highest BCUT2D eigenvalue weighted by Gasteiger charge is 2.46. The first-order chi connectivity index (χ1) is 18.8. The first-order valence-corrected chi connectivity index (χ1v) is 15.7. The maximum absolute atomic E-state index is 13.9. The topological polar surface area (TPSA) is 77.5 Å². The van der Waals surface area contributed by atoms with Crippen molar-refractivity contribution < 1.29 is 28.2 Å². The Morgan fingerprint density at radius 3 is 2.27 bits per heavy atom. The van der Waals surface area contributed by atoms with Gasteiger partial charge in [0.1, 0.15) is 11.4 Å². The van der Waals surface area contributed by atoms with Crippen LogP contribution in [0.2, 0.25) is 5.04 Å². The van der Waals surface area contributed by atoms with Crippen LogP contribution in [0.5, 0.6) is 5.75 Å². The number of rotatable bonds is 12. The van der Waals surface area contributed by atoms with Gasteiger partial charge in [-0.05, 0) is 78.1 Å². The molecule has 0 unspecified atom stereocenters. The molecule has 0 N–H and O–H groups in total. The molecule has 1 aliphatic heterocycles. The van der Waals surface area contributed by atoms with Crippen LogP contribution in [0.15, 0.2) is 18.2 Å². The zero-order chi connectivity index (χ0) is 31.2. The van der Waals surface area contributed by atoms with E-state index in [0.717, 1.165) is 12.0 Å². The number of carbonyl (C=O) groups is 2. The molecule has 1 saturated heterocycles. The molecule has 2 radical (unpaired) electrons. The fraction of sp³-hybridized carbons (Fsp3) is 0.750. The molecule has 1 aromatic rings. The van der Waals surface area contributed by atoms with Gasteiger partial charge in [-0.2, -0.15) is 0 Å². The Balaban J connectivity index is 2.33. The molecule has 1 heterocycles. The van der Waals surface area contributed by atoms with Crippen LogP contribution in [0.3, 0.4) is 0 Å². The van der Waals surface area contributed by atoms with Gasteiger partial charge in [0.25, 0.3) is 5.91 Å². The molecular weight excluding hydrogens is 536 g/mol. The lowest BCUT2D eigenvalue weighted by molar-refractivity contribution is 0.0139. The molecule has 9 heteroatoms. The van der Waals surface area contributed by atoms with Crippen molar-refractivity contribution in [2.45, 2.75) is 105 Å². The van der Waals surface area contributed by atoms with Gasteiger partial charge in [0, 0.05) is 63.2 Å². The highest BCUT2D eigenvalue weighted by atomic mass is 28.2. The van der Waals surface area contributed by atoms with Crippen molar-refractivity contribution in [3.63, 3.8) is 0 Å². The molecule has 2 rings (SSSR count). The molecule has 1 aromatic carbocycles. The molecule has 232 valence electrons. The van der Waals surface area contributed by atoms with Crippen molar-refractivity contribution in [1.29, 1.82) is 0 Å². The van der Waals surface area contributed by atoms with E-state index in [1.165, 1.54) is 0 Å². The predicted octanol–water partition coefficient (Wildman–Crippen LogP) is 6.38. The van der Waals surface area contributed by atoms with Crippen molar-refractivity contribution in [2.75, 3.05) is 40.0 Å². The lowest BCUT2D eigenvalue weighted by Crippen LogP contribution is -2.47. The van der Waals surface area contributed by atoms with Crippen molar-refractivity contribution in [3.8, 4) is 5.75 Å². The number of hydrogen-bond acceptors (Lipinski definition) is 6. The number of benzene rings is 1.